The lowest BCUT2D eigenvalue weighted by atomic mass is 10.1. The number of pyridine rings is 1. The molecule has 0 unspecified atom stereocenters. The summed E-state index contributed by atoms with van der Waals surface area (Å²) >= 11 is 3.25. The number of nitrogens with zero attached hydrogens (tertiary/aromatic N) is 1. The molecule has 0 saturated carbocycles. The van der Waals surface area contributed by atoms with Crippen molar-refractivity contribution in [1.82, 2.24) is 4.98 Å². The van der Waals surface area contributed by atoms with Gasteiger partial charge in [-0.25, -0.2) is 9.78 Å². The number of alkyl halides is 3. The van der Waals surface area contributed by atoms with Gasteiger partial charge in [-0.2, -0.15) is 13.2 Å². The molecule has 2 rings (SSSR count). The Morgan fingerprint density at radius 2 is 1.71 bits per heavy atom. The lowest BCUT2D eigenvalue weighted by Gasteiger charge is -2.17. The number of ether oxygens (including phenoxy) is 1. The van der Waals surface area contributed by atoms with Gasteiger partial charge < -0.3 is 20.5 Å². The summed E-state index contributed by atoms with van der Waals surface area (Å²) in [5.41, 5.74) is -2.12. The van der Waals surface area contributed by atoms with Gasteiger partial charge in [0.05, 0.1) is 18.4 Å². The normalized spacial score (nSPS) is 9.35. The first-order valence-electron chi connectivity index (χ1n) is 9.92. The number of aliphatic hydroxyl groups excluding tert-OH is 1. The van der Waals surface area contributed by atoms with E-state index >= 15 is 0 Å². The third kappa shape index (κ3) is 10.7. The van der Waals surface area contributed by atoms with E-state index in [1.54, 1.807) is 38.1 Å². The number of benzene rings is 1. The Kier molecular flexibility index (Phi) is 16.9. The number of carbonyl (C=O) groups is 2. The number of esters is 1. The van der Waals surface area contributed by atoms with E-state index < -0.39 is 29.4 Å². The van der Waals surface area contributed by atoms with E-state index in [9.17, 15) is 22.8 Å². The smallest absolute Gasteiger partial charge is 0.433 e. The largest absolute Gasteiger partial charge is 0.464 e. The van der Waals surface area contributed by atoms with Crippen LogP contribution in [0.15, 0.2) is 34.8 Å². The molecule has 0 radical (unpaired) electrons. The molecule has 0 aliphatic rings. The second kappa shape index (κ2) is 17.4. The van der Waals surface area contributed by atoms with Crippen LogP contribution in [-0.4, -0.2) is 42.7 Å². The van der Waals surface area contributed by atoms with Crippen molar-refractivity contribution in [3.05, 3.63) is 51.8 Å². The number of aliphatic hydroxyl groups is 1. The summed E-state index contributed by atoms with van der Waals surface area (Å²) in [6, 6.07) is 7.06. The molecule has 2 aromatic rings. The van der Waals surface area contributed by atoms with Crippen molar-refractivity contribution in [3.8, 4) is 12.3 Å². The standard InChI is InChI=1S/C17H15BrF3N3O3.C3H4.C2H6.CH4O/c1-3-22-13-11(15(25)23-10-6-4-9(18)5-7-10)8-12(17(19,20)21)24-14(13)16(26)27-2;1-3-2;2*1-2/h4-8,22H,3H2,1-2H3,(H,23,25);1H,2H3;1-2H3;2H,1H3. The molecule has 0 aliphatic heterocycles. The minimum absolute atomic E-state index is 0.132. The molecule has 1 amide bonds. The molecule has 188 valence electrons. The van der Waals surface area contributed by atoms with Gasteiger partial charge in [0.1, 0.15) is 5.69 Å². The maximum Gasteiger partial charge on any atom is 0.433 e. The third-order valence-corrected chi connectivity index (χ3v) is 3.92. The van der Waals surface area contributed by atoms with Crippen LogP contribution >= 0.6 is 15.9 Å². The number of anilines is 2. The van der Waals surface area contributed by atoms with Crippen LogP contribution in [0.5, 0.6) is 0 Å². The van der Waals surface area contributed by atoms with Gasteiger partial charge in [-0.15, -0.1) is 12.3 Å². The van der Waals surface area contributed by atoms with E-state index in [1.807, 2.05) is 13.8 Å². The predicted octanol–water partition coefficient (Wildman–Crippen LogP) is 5.61. The Bertz CT molecular complexity index is 944. The van der Waals surface area contributed by atoms with Gasteiger partial charge in [0.15, 0.2) is 5.69 Å². The molecule has 1 heterocycles. The average molecular weight is 548 g/mol. The molecule has 0 aliphatic carbocycles. The van der Waals surface area contributed by atoms with Gasteiger partial charge >= 0.3 is 12.1 Å². The first-order valence-corrected chi connectivity index (χ1v) is 10.7. The maximum atomic E-state index is 13.2. The number of aromatic nitrogens is 1. The summed E-state index contributed by atoms with van der Waals surface area (Å²) in [5, 5.41) is 12.2. The lowest BCUT2D eigenvalue weighted by Crippen LogP contribution is -2.22. The van der Waals surface area contributed by atoms with Gasteiger partial charge in [-0.05, 0) is 44.2 Å². The average Bonchev–Trinajstić information content (AvgIpc) is 2.82. The van der Waals surface area contributed by atoms with E-state index in [0.29, 0.717) is 11.8 Å². The molecule has 0 spiro atoms. The van der Waals surface area contributed by atoms with E-state index in [2.05, 4.69) is 48.6 Å². The van der Waals surface area contributed by atoms with E-state index in [4.69, 9.17) is 5.11 Å². The fourth-order valence-electron chi connectivity index (χ4n) is 2.20. The summed E-state index contributed by atoms with van der Waals surface area (Å²) < 4.78 is 44.9. The Labute approximate surface area is 206 Å². The van der Waals surface area contributed by atoms with Crippen LogP contribution in [0.1, 0.15) is 54.2 Å². The van der Waals surface area contributed by atoms with Crippen molar-refractivity contribution >= 4 is 39.2 Å². The molecule has 7 nitrogen and oxygen atoms in total. The van der Waals surface area contributed by atoms with Crippen molar-refractivity contribution in [1.29, 1.82) is 0 Å². The highest BCUT2D eigenvalue weighted by molar-refractivity contribution is 9.10. The molecule has 1 aromatic carbocycles. The Morgan fingerprint density at radius 3 is 2.12 bits per heavy atom. The fourth-order valence-corrected chi connectivity index (χ4v) is 2.47. The molecule has 34 heavy (non-hydrogen) atoms. The van der Waals surface area contributed by atoms with Gasteiger partial charge in [0.25, 0.3) is 5.91 Å². The molecule has 0 atom stereocenters. The summed E-state index contributed by atoms with van der Waals surface area (Å²) in [6.07, 6.45) is -0.250. The molecule has 1 aromatic heterocycles. The van der Waals surface area contributed by atoms with Gasteiger partial charge in [0, 0.05) is 23.8 Å². The van der Waals surface area contributed by atoms with Crippen LogP contribution in [0.2, 0.25) is 0 Å². The quantitative estimate of drug-likeness (QED) is 0.332. The Balaban J connectivity index is 0. The minimum Gasteiger partial charge on any atom is -0.464 e. The summed E-state index contributed by atoms with van der Waals surface area (Å²) in [6.45, 7) is 7.56. The molecule has 11 heteroatoms. The number of rotatable bonds is 5. The Morgan fingerprint density at radius 1 is 1.21 bits per heavy atom. The summed E-state index contributed by atoms with van der Waals surface area (Å²) in [4.78, 5) is 27.9. The number of halogens is 4. The number of carbonyl (C=O) groups excluding carboxylic acids is 2. The van der Waals surface area contributed by atoms with Crippen LogP contribution in [0.3, 0.4) is 0 Å². The third-order valence-electron chi connectivity index (χ3n) is 3.39. The van der Waals surface area contributed by atoms with E-state index in [0.717, 1.165) is 18.7 Å². The molecule has 0 bridgehead atoms. The molecular formula is C23H29BrF3N3O4. The van der Waals surface area contributed by atoms with Crippen molar-refractivity contribution in [2.75, 3.05) is 31.4 Å². The predicted molar refractivity (Wildman–Crippen MR) is 131 cm³/mol. The van der Waals surface area contributed by atoms with Gasteiger partial charge in [-0.3, -0.25) is 4.79 Å². The molecule has 3 N–H and O–H groups in total. The minimum atomic E-state index is -4.85. The highest BCUT2D eigenvalue weighted by Crippen LogP contribution is 2.32. The van der Waals surface area contributed by atoms with Gasteiger partial charge in [-0.1, -0.05) is 29.8 Å². The van der Waals surface area contributed by atoms with Crippen molar-refractivity contribution in [3.63, 3.8) is 0 Å². The second-order valence-electron chi connectivity index (χ2n) is 5.55. The zero-order chi connectivity index (χ0) is 26.9. The SMILES string of the molecule is C#CC.CC.CCNc1c(C(=O)Nc2ccc(Br)cc2)cc(C(F)(F)F)nc1C(=O)OC.CO. The van der Waals surface area contributed by atoms with Crippen LogP contribution in [-0.2, 0) is 10.9 Å². The maximum absolute atomic E-state index is 13.2. The Hall–Kier alpha value is -3.10. The number of nitrogens with one attached hydrogen (secondary N) is 2. The van der Waals surface area contributed by atoms with Crippen LogP contribution < -0.4 is 10.6 Å². The van der Waals surface area contributed by atoms with Crippen molar-refractivity contribution in [2.45, 2.75) is 33.9 Å². The monoisotopic (exact) mass is 547 g/mol. The zero-order valence-corrected chi connectivity index (χ0v) is 21.4. The highest BCUT2D eigenvalue weighted by atomic mass is 79.9. The van der Waals surface area contributed by atoms with Crippen molar-refractivity contribution in [2.24, 2.45) is 0 Å². The molecular weight excluding hydrogens is 519 g/mol. The molecule has 0 fully saturated rings. The van der Waals surface area contributed by atoms with Crippen LogP contribution in [0, 0.1) is 12.3 Å². The van der Waals surface area contributed by atoms with E-state index in [-0.39, 0.29) is 17.8 Å². The number of terminal acetylenes is 1. The van der Waals surface area contributed by atoms with Crippen LogP contribution in [0.4, 0.5) is 24.5 Å². The number of hydrogen-bond donors (Lipinski definition) is 3. The van der Waals surface area contributed by atoms with Gasteiger partial charge in [0.2, 0.25) is 0 Å². The first-order chi connectivity index (χ1) is 16.1. The lowest BCUT2D eigenvalue weighted by molar-refractivity contribution is -0.141. The fraction of sp³-hybridized carbons (Fsp3) is 0.348. The topological polar surface area (TPSA) is 101 Å². The summed E-state index contributed by atoms with van der Waals surface area (Å²) in [5.74, 6) is 0.334. The number of hydrogen-bond acceptors (Lipinski definition) is 6. The zero-order valence-electron chi connectivity index (χ0n) is 19.8. The van der Waals surface area contributed by atoms with E-state index in [1.165, 1.54) is 0 Å². The highest BCUT2D eigenvalue weighted by Gasteiger charge is 2.36. The second-order valence-corrected chi connectivity index (χ2v) is 6.46. The molecule has 0 saturated heterocycles. The van der Waals surface area contributed by atoms with Crippen LogP contribution in [0.25, 0.3) is 0 Å². The summed E-state index contributed by atoms with van der Waals surface area (Å²) in [7, 11) is 2.02. The van der Waals surface area contributed by atoms with Crippen molar-refractivity contribution < 1.29 is 32.6 Å². The number of methoxy groups -OCH3 is 1. The number of amides is 1. The first kappa shape index (κ1) is 33.1.